The van der Waals surface area contributed by atoms with Gasteiger partial charge in [0, 0.05) is 23.4 Å². The molecule has 0 aliphatic carbocycles. The molecule has 0 fully saturated rings. The number of nitrogens with one attached hydrogen (secondary N) is 2. The first kappa shape index (κ1) is 22.7. The smallest absolute Gasteiger partial charge is 0.420 e. The van der Waals surface area contributed by atoms with Gasteiger partial charge in [-0.25, -0.2) is 4.79 Å². The Morgan fingerprint density at radius 3 is 2.50 bits per heavy atom. The van der Waals surface area contributed by atoms with Crippen LogP contribution >= 0.6 is 0 Å². The highest BCUT2D eigenvalue weighted by atomic mass is 16.5. The average molecular weight is 461 g/mol. The van der Waals surface area contributed by atoms with E-state index >= 15 is 0 Å². The van der Waals surface area contributed by atoms with Crippen LogP contribution in [0.5, 0.6) is 11.5 Å². The Labute approximate surface area is 194 Å². The van der Waals surface area contributed by atoms with Gasteiger partial charge in [0.05, 0.1) is 19.7 Å². The third kappa shape index (κ3) is 4.78. The fourth-order valence-electron chi connectivity index (χ4n) is 3.56. The molecular formula is C25H23N3O6. The number of carbonyl (C=O) groups is 2. The molecule has 1 aromatic heterocycles. The number of hydrogen-bond acceptors (Lipinski definition) is 6. The summed E-state index contributed by atoms with van der Waals surface area (Å²) >= 11 is 0. The second-order valence-electron chi connectivity index (χ2n) is 7.39. The van der Waals surface area contributed by atoms with E-state index in [1.165, 1.54) is 30.9 Å². The third-order valence-electron chi connectivity index (χ3n) is 5.22. The van der Waals surface area contributed by atoms with Crippen LogP contribution in [-0.4, -0.2) is 30.6 Å². The Bertz CT molecular complexity index is 1390. The number of methoxy groups -OCH3 is 2. The van der Waals surface area contributed by atoms with Crippen molar-refractivity contribution in [2.24, 2.45) is 0 Å². The number of nitrogens with zero attached hydrogens (tertiary/aromatic N) is 1. The summed E-state index contributed by atoms with van der Waals surface area (Å²) in [4.78, 5) is 37.7. The fourth-order valence-corrected chi connectivity index (χ4v) is 3.56. The molecule has 0 aliphatic heterocycles. The molecule has 2 amide bonds. The maximum Gasteiger partial charge on any atom is 0.420 e. The predicted octanol–water partition coefficient (Wildman–Crippen LogP) is 3.18. The number of aromatic nitrogens is 1. The molecule has 0 unspecified atom stereocenters. The van der Waals surface area contributed by atoms with Gasteiger partial charge in [-0.05, 0) is 36.4 Å². The lowest BCUT2D eigenvalue weighted by atomic mass is 10.1. The number of ether oxygens (including phenoxy) is 2. The second kappa shape index (κ2) is 9.95. The fraction of sp³-hybridized carbons (Fsp3) is 0.160. The molecule has 4 rings (SSSR count). The van der Waals surface area contributed by atoms with Crippen molar-refractivity contribution in [3.8, 4) is 11.5 Å². The SMILES string of the molecule is COc1cccc(CNC(=O)Cn2c(=O)oc3ccc(C(=O)Nc4ccccc4)cc32)c1OC. The molecule has 0 spiro atoms. The summed E-state index contributed by atoms with van der Waals surface area (Å²) in [5.74, 6) is -0.376. The minimum Gasteiger partial charge on any atom is -0.493 e. The zero-order chi connectivity index (χ0) is 24.1. The van der Waals surface area contributed by atoms with E-state index < -0.39 is 11.7 Å². The summed E-state index contributed by atoms with van der Waals surface area (Å²) in [6.07, 6.45) is 0. The monoisotopic (exact) mass is 461 g/mol. The van der Waals surface area contributed by atoms with Crippen LogP contribution in [-0.2, 0) is 17.9 Å². The largest absolute Gasteiger partial charge is 0.493 e. The van der Waals surface area contributed by atoms with Crippen LogP contribution in [0.3, 0.4) is 0 Å². The highest BCUT2D eigenvalue weighted by molar-refractivity contribution is 6.05. The number of rotatable bonds is 8. The van der Waals surface area contributed by atoms with Crippen LogP contribution < -0.4 is 25.9 Å². The van der Waals surface area contributed by atoms with Crippen LogP contribution in [0, 0.1) is 0 Å². The van der Waals surface area contributed by atoms with Crippen molar-refractivity contribution >= 4 is 28.6 Å². The van der Waals surface area contributed by atoms with Crippen LogP contribution in [0.15, 0.2) is 75.9 Å². The normalized spacial score (nSPS) is 10.6. The summed E-state index contributed by atoms with van der Waals surface area (Å²) in [6, 6.07) is 19.0. The van der Waals surface area contributed by atoms with E-state index in [0.717, 1.165) is 5.56 Å². The van der Waals surface area contributed by atoms with Crippen molar-refractivity contribution in [1.29, 1.82) is 0 Å². The molecule has 1 heterocycles. The number of hydrogen-bond donors (Lipinski definition) is 2. The zero-order valence-electron chi connectivity index (χ0n) is 18.7. The molecule has 0 saturated heterocycles. The van der Waals surface area contributed by atoms with Crippen molar-refractivity contribution in [3.63, 3.8) is 0 Å². The zero-order valence-corrected chi connectivity index (χ0v) is 18.7. The Balaban J connectivity index is 1.51. The van der Waals surface area contributed by atoms with Gasteiger partial charge in [0.1, 0.15) is 6.54 Å². The lowest BCUT2D eigenvalue weighted by Crippen LogP contribution is -2.30. The Morgan fingerprint density at radius 1 is 0.971 bits per heavy atom. The number of benzene rings is 3. The Hall–Kier alpha value is -4.53. The summed E-state index contributed by atoms with van der Waals surface area (Å²) in [6.45, 7) is -0.101. The lowest BCUT2D eigenvalue weighted by molar-refractivity contribution is -0.121. The van der Waals surface area contributed by atoms with Gasteiger partial charge in [0.15, 0.2) is 17.1 Å². The Morgan fingerprint density at radius 2 is 1.76 bits per heavy atom. The molecule has 9 heteroatoms. The number of para-hydroxylation sites is 2. The standard InChI is InChI=1S/C25H23N3O6/c1-32-21-10-6-7-17(23(21)33-2)14-26-22(29)15-28-19-13-16(11-12-20(19)34-25(28)31)24(30)27-18-8-4-3-5-9-18/h3-13H,14-15H2,1-2H3,(H,26,29)(H,27,30). The molecule has 0 saturated carbocycles. The molecule has 0 radical (unpaired) electrons. The van der Waals surface area contributed by atoms with Gasteiger partial charge in [-0.1, -0.05) is 30.3 Å². The lowest BCUT2D eigenvalue weighted by Gasteiger charge is -2.13. The minimum absolute atomic E-state index is 0.175. The first-order chi connectivity index (χ1) is 16.5. The number of carbonyl (C=O) groups excluding carboxylic acids is 2. The molecular weight excluding hydrogens is 438 g/mol. The molecule has 0 bridgehead atoms. The van der Waals surface area contributed by atoms with E-state index in [4.69, 9.17) is 13.9 Å². The highest BCUT2D eigenvalue weighted by Gasteiger charge is 2.16. The maximum atomic E-state index is 12.6. The molecule has 9 nitrogen and oxygen atoms in total. The second-order valence-corrected chi connectivity index (χ2v) is 7.39. The summed E-state index contributed by atoms with van der Waals surface area (Å²) in [5, 5.41) is 5.56. The van der Waals surface area contributed by atoms with E-state index in [9.17, 15) is 14.4 Å². The Kier molecular flexibility index (Phi) is 6.63. The molecule has 4 aromatic rings. The first-order valence-electron chi connectivity index (χ1n) is 10.5. The van der Waals surface area contributed by atoms with Gasteiger partial charge < -0.3 is 24.5 Å². The van der Waals surface area contributed by atoms with E-state index in [1.54, 1.807) is 36.4 Å². The highest BCUT2D eigenvalue weighted by Crippen LogP contribution is 2.30. The third-order valence-corrected chi connectivity index (χ3v) is 5.22. The van der Waals surface area contributed by atoms with Gasteiger partial charge in [-0.2, -0.15) is 0 Å². The van der Waals surface area contributed by atoms with Gasteiger partial charge in [0.2, 0.25) is 5.91 Å². The topological polar surface area (TPSA) is 112 Å². The van der Waals surface area contributed by atoms with E-state index in [0.29, 0.717) is 28.3 Å². The van der Waals surface area contributed by atoms with Gasteiger partial charge >= 0.3 is 5.76 Å². The van der Waals surface area contributed by atoms with Crippen LogP contribution in [0.25, 0.3) is 11.1 Å². The van der Waals surface area contributed by atoms with Crippen molar-refractivity contribution in [2.75, 3.05) is 19.5 Å². The minimum atomic E-state index is -0.690. The van der Waals surface area contributed by atoms with Gasteiger partial charge in [0.25, 0.3) is 5.91 Å². The van der Waals surface area contributed by atoms with E-state index in [2.05, 4.69) is 10.6 Å². The first-order valence-corrected chi connectivity index (χ1v) is 10.5. The van der Waals surface area contributed by atoms with Crippen LogP contribution in [0.1, 0.15) is 15.9 Å². The quantitative estimate of drug-likeness (QED) is 0.417. The number of fused-ring (bicyclic) bond motifs is 1. The number of oxazole rings is 1. The number of amides is 2. The number of anilines is 1. The van der Waals surface area contributed by atoms with Crippen molar-refractivity contribution in [1.82, 2.24) is 9.88 Å². The van der Waals surface area contributed by atoms with E-state index in [-0.39, 0.29) is 24.6 Å². The predicted molar refractivity (Wildman–Crippen MR) is 126 cm³/mol. The van der Waals surface area contributed by atoms with Crippen molar-refractivity contribution in [3.05, 3.63) is 88.4 Å². The molecule has 0 atom stereocenters. The molecule has 174 valence electrons. The van der Waals surface area contributed by atoms with Crippen molar-refractivity contribution in [2.45, 2.75) is 13.1 Å². The molecule has 2 N–H and O–H groups in total. The van der Waals surface area contributed by atoms with Gasteiger partial charge in [-0.15, -0.1) is 0 Å². The van der Waals surface area contributed by atoms with Gasteiger partial charge in [-0.3, -0.25) is 14.2 Å². The van der Waals surface area contributed by atoms with Crippen LogP contribution in [0.4, 0.5) is 5.69 Å². The summed E-state index contributed by atoms with van der Waals surface area (Å²) in [7, 11) is 3.05. The maximum absolute atomic E-state index is 12.6. The van der Waals surface area contributed by atoms with E-state index in [1.807, 2.05) is 18.2 Å². The van der Waals surface area contributed by atoms with Crippen molar-refractivity contribution < 1.29 is 23.5 Å². The summed E-state index contributed by atoms with van der Waals surface area (Å²) in [5.41, 5.74) is 2.32. The van der Waals surface area contributed by atoms with Crippen LogP contribution in [0.2, 0.25) is 0 Å². The summed E-state index contributed by atoms with van der Waals surface area (Å²) < 4.78 is 17.1. The molecule has 0 aliphatic rings. The molecule has 3 aromatic carbocycles. The molecule has 34 heavy (non-hydrogen) atoms. The average Bonchev–Trinajstić information content (AvgIpc) is 3.16.